The maximum absolute atomic E-state index is 13.1. The van der Waals surface area contributed by atoms with Gasteiger partial charge in [0.25, 0.3) is 5.91 Å². The molecule has 1 N–H and O–H groups in total. The first kappa shape index (κ1) is 21.9. The van der Waals surface area contributed by atoms with Crippen LogP contribution in [0, 0.1) is 0 Å². The van der Waals surface area contributed by atoms with E-state index in [1.165, 1.54) is 9.21 Å². The Morgan fingerprint density at radius 1 is 1.06 bits per heavy atom. The standard InChI is InChI=1S/C23H20ClN3O4S/c1-32(30,31)27(19-6-4-5-18(24)13-19)14-16-9-11-17(12-10-16)23(29)26-15-22(28)25-20-7-2-3-8-21(20)26/h2-13H,14-15H2,1H3,(H,25,28). The number of sulfonamides is 1. The Morgan fingerprint density at radius 2 is 1.78 bits per heavy atom. The normalized spacial score (nSPS) is 13.3. The van der Waals surface area contributed by atoms with Crippen LogP contribution in [0.15, 0.2) is 72.8 Å². The third-order valence-corrected chi connectivity index (χ3v) is 6.42. The number of hydrogen-bond donors (Lipinski definition) is 1. The highest BCUT2D eigenvalue weighted by molar-refractivity contribution is 7.92. The first-order chi connectivity index (χ1) is 15.2. The Hall–Kier alpha value is -3.36. The fraction of sp³-hybridized carbons (Fsp3) is 0.130. The maximum Gasteiger partial charge on any atom is 0.258 e. The summed E-state index contributed by atoms with van der Waals surface area (Å²) in [7, 11) is -3.56. The van der Waals surface area contributed by atoms with E-state index >= 15 is 0 Å². The summed E-state index contributed by atoms with van der Waals surface area (Å²) < 4.78 is 26.0. The van der Waals surface area contributed by atoms with E-state index in [-0.39, 0.29) is 24.9 Å². The van der Waals surface area contributed by atoms with Crippen LogP contribution >= 0.6 is 11.6 Å². The van der Waals surface area contributed by atoms with E-state index in [2.05, 4.69) is 5.32 Å². The number of para-hydroxylation sites is 2. The van der Waals surface area contributed by atoms with Crippen molar-refractivity contribution in [3.63, 3.8) is 0 Å². The van der Waals surface area contributed by atoms with Crippen molar-refractivity contribution in [1.82, 2.24) is 0 Å². The number of benzene rings is 3. The van der Waals surface area contributed by atoms with Gasteiger partial charge >= 0.3 is 0 Å². The average Bonchev–Trinajstić information content (AvgIpc) is 2.76. The second kappa shape index (κ2) is 8.64. The number of hydrogen-bond acceptors (Lipinski definition) is 4. The fourth-order valence-electron chi connectivity index (χ4n) is 3.52. The number of nitrogens with zero attached hydrogens (tertiary/aromatic N) is 2. The van der Waals surface area contributed by atoms with Gasteiger partial charge < -0.3 is 5.32 Å². The molecule has 164 valence electrons. The van der Waals surface area contributed by atoms with Crippen molar-refractivity contribution >= 4 is 50.5 Å². The van der Waals surface area contributed by atoms with Crippen LogP contribution < -0.4 is 14.5 Å². The number of carbonyl (C=O) groups is 2. The lowest BCUT2D eigenvalue weighted by Gasteiger charge is -2.29. The topological polar surface area (TPSA) is 86.8 Å². The Balaban J connectivity index is 1.58. The summed E-state index contributed by atoms with van der Waals surface area (Å²) in [4.78, 5) is 26.5. The molecule has 0 bridgehead atoms. The molecule has 0 radical (unpaired) electrons. The Labute approximate surface area is 191 Å². The molecule has 32 heavy (non-hydrogen) atoms. The largest absolute Gasteiger partial charge is 0.323 e. The van der Waals surface area contributed by atoms with Gasteiger partial charge in [-0.3, -0.25) is 18.8 Å². The molecule has 7 nitrogen and oxygen atoms in total. The zero-order valence-electron chi connectivity index (χ0n) is 17.2. The van der Waals surface area contributed by atoms with Gasteiger partial charge in [-0.1, -0.05) is 41.9 Å². The number of fused-ring (bicyclic) bond motifs is 1. The molecular formula is C23H20ClN3O4S. The van der Waals surface area contributed by atoms with Crippen LogP contribution in [0.2, 0.25) is 5.02 Å². The van der Waals surface area contributed by atoms with Gasteiger partial charge in [0.2, 0.25) is 15.9 Å². The third kappa shape index (κ3) is 4.61. The summed E-state index contributed by atoms with van der Waals surface area (Å²) in [5, 5.41) is 3.19. The molecule has 0 saturated carbocycles. The summed E-state index contributed by atoms with van der Waals surface area (Å²) in [6.45, 7) is 0.0107. The lowest BCUT2D eigenvalue weighted by molar-refractivity contribution is -0.115. The fourth-order valence-corrected chi connectivity index (χ4v) is 4.58. The van der Waals surface area contributed by atoms with Crippen LogP contribution in [0.1, 0.15) is 15.9 Å². The van der Waals surface area contributed by atoms with E-state index in [0.717, 1.165) is 6.26 Å². The van der Waals surface area contributed by atoms with Crippen molar-refractivity contribution in [2.24, 2.45) is 0 Å². The molecule has 0 saturated heterocycles. The number of halogens is 1. The molecule has 0 spiro atoms. The molecule has 1 aliphatic rings. The minimum Gasteiger partial charge on any atom is -0.323 e. The smallest absolute Gasteiger partial charge is 0.258 e. The van der Waals surface area contributed by atoms with Crippen molar-refractivity contribution in [1.29, 1.82) is 0 Å². The second-order valence-electron chi connectivity index (χ2n) is 7.40. The quantitative estimate of drug-likeness (QED) is 0.613. The molecule has 9 heteroatoms. The van der Waals surface area contributed by atoms with Crippen molar-refractivity contribution in [2.45, 2.75) is 6.54 Å². The van der Waals surface area contributed by atoms with Gasteiger partial charge in [-0.2, -0.15) is 0 Å². The van der Waals surface area contributed by atoms with Gasteiger partial charge in [-0.15, -0.1) is 0 Å². The molecule has 3 aromatic carbocycles. The average molecular weight is 470 g/mol. The van der Waals surface area contributed by atoms with E-state index < -0.39 is 10.0 Å². The Bertz CT molecular complexity index is 1290. The molecule has 0 unspecified atom stereocenters. The van der Waals surface area contributed by atoms with Crippen LogP contribution in [0.5, 0.6) is 0 Å². The van der Waals surface area contributed by atoms with Gasteiger partial charge in [0, 0.05) is 10.6 Å². The van der Waals surface area contributed by atoms with Gasteiger partial charge in [0.05, 0.1) is 29.9 Å². The minimum atomic E-state index is -3.56. The number of nitrogens with one attached hydrogen (secondary N) is 1. The highest BCUT2D eigenvalue weighted by atomic mass is 35.5. The van der Waals surface area contributed by atoms with Gasteiger partial charge in [0.1, 0.15) is 6.54 Å². The lowest BCUT2D eigenvalue weighted by Crippen LogP contribution is -2.42. The first-order valence-corrected chi connectivity index (χ1v) is 12.0. The van der Waals surface area contributed by atoms with Crippen molar-refractivity contribution in [3.8, 4) is 0 Å². The molecular weight excluding hydrogens is 450 g/mol. The van der Waals surface area contributed by atoms with E-state index in [4.69, 9.17) is 11.6 Å². The predicted molar refractivity (Wildman–Crippen MR) is 126 cm³/mol. The zero-order chi connectivity index (χ0) is 22.9. The van der Waals surface area contributed by atoms with Crippen molar-refractivity contribution in [3.05, 3.63) is 88.9 Å². The minimum absolute atomic E-state index is 0.0752. The molecule has 4 rings (SSSR count). The number of carbonyl (C=O) groups excluding carboxylic acids is 2. The van der Waals surface area contributed by atoms with Crippen LogP contribution in [-0.2, 0) is 21.4 Å². The molecule has 1 heterocycles. The summed E-state index contributed by atoms with van der Waals surface area (Å²) in [5.41, 5.74) is 2.76. The lowest BCUT2D eigenvalue weighted by atomic mass is 10.1. The van der Waals surface area contributed by atoms with Gasteiger partial charge in [-0.05, 0) is 48.0 Å². The summed E-state index contributed by atoms with van der Waals surface area (Å²) in [6.07, 6.45) is 1.13. The van der Waals surface area contributed by atoms with Crippen LogP contribution in [-0.4, -0.2) is 33.0 Å². The predicted octanol–water partition coefficient (Wildman–Crippen LogP) is 3.91. The number of rotatable bonds is 5. The van der Waals surface area contributed by atoms with E-state index in [1.54, 1.807) is 72.8 Å². The summed E-state index contributed by atoms with van der Waals surface area (Å²) >= 11 is 6.03. The van der Waals surface area contributed by atoms with E-state index in [9.17, 15) is 18.0 Å². The third-order valence-electron chi connectivity index (χ3n) is 5.04. The Kier molecular flexibility index (Phi) is 5.90. The van der Waals surface area contributed by atoms with Gasteiger partial charge in [-0.25, -0.2) is 8.42 Å². The highest BCUT2D eigenvalue weighted by Crippen LogP contribution is 2.30. The summed E-state index contributed by atoms with van der Waals surface area (Å²) in [5.74, 6) is -0.576. The molecule has 2 amide bonds. The molecule has 3 aromatic rings. The SMILES string of the molecule is CS(=O)(=O)N(Cc1ccc(C(=O)N2CC(=O)Nc3ccccc32)cc1)c1cccc(Cl)c1. The van der Waals surface area contributed by atoms with Crippen LogP contribution in [0.25, 0.3) is 0 Å². The number of amides is 2. The van der Waals surface area contributed by atoms with Crippen molar-refractivity contribution < 1.29 is 18.0 Å². The monoisotopic (exact) mass is 469 g/mol. The molecule has 0 atom stereocenters. The molecule has 1 aliphatic heterocycles. The molecule has 0 aliphatic carbocycles. The Morgan fingerprint density at radius 3 is 2.47 bits per heavy atom. The van der Waals surface area contributed by atoms with Crippen LogP contribution in [0.3, 0.4) is 0 Å². The second-order valence-corrected chi connectivity index (χ2v) is 9.75. The van der Waals surface area contributed by atoms with E-state index in [1.807, 2.05) is 0 Å². The highest BCUT2D eigenvalue weighted by Gasteiger charge is 2.27. The molecule has 0 fully saturated rings. The number of anilines is 3. The van der Waals surface area contributed by atoms with Crippen LogP contribution in [0.4, 0.5) is 17.1 Å². The molecule has 0 aromatic heterocycles. The van der Waals surface area contributed by atoms with Gasteiger partial charge in [0.15, 0.2) is 0 Å². The summed E-state index contributed by atoms with van der Waals surface area (Å²) in [6, 6.07) is 20.4. The first-order valence-electron chi connectivity index (χ1n) is 9.75. The van der Waals surface area contributed by atoms with Crippen molar-refractivity contribution in [2.75, 3.05) is 27.3 Å². The van der Waals surface area contributed by atoms with E-state index in [0.29, 0.717) is 33.2 Å². The zero-order valence-corrected chi connectivity index (χ0v) is 18.7. The maximum atomic E-state index is 13.1.